The lowest BCUT2D eigenvalue weighted by Gasteiger charge is -2.08. The van der Waals surface area contributed by atoms with Gasteiger partial charge in [-0.25, -0.2) is 9.78 Å². The van der Waals surface area contributed by atoms with Gasteiger partial charge in [0.2, 0.25) is 0 Å². The highest BCUT2D eigenvalue weighted by Crippen LogP contribution is 2.12. The van der Waals surface area contributed by atoms with Gasteiger partial charge in [-0.05, 0) is 31.2 Å². The van der Waals surface area contributed by atoms with E-state index in [2.05, 4.69) is 15.0 Å². The first kappa shape index (κ1) is 13.1. The smallest absolute Gasteiger partial charge is 0.339 e. The molecule has 0 aliphatic rings. The van der Waals surface area contributed by atoms with E-state index in [0.29, 0.717) is 11.3 Å². The van der Waals surface area contributed by atoms with E-state index in [9.17, 15) is 4.79 Å². The largest absolute Gasteiger partial charge is 0.469 e. The topological polar surface area (TPSA) is 64.4 Å². The molecule has 0 spiro atoms. The summed E-state index contributed by atoms with van der Waals surface area (Å²) in [5.41, 5.74) is 1.13. The predicted octanol–water partition coefficient (Wildman–Crippen LogP) is 2.42. The minimum absolute atomic E-state index is 0.368. The van der Waals surface area contributed by atoms with E-state index in [0.717, 1.165) is 24.5 Å². The fourth-order valence-electron chi connectivity index (χ4n) is 1.75. The molecule has 100 valence electrons. The monoisotopic (exact) mass is 260 g/mol. The van der Waals surface area contributed by atoms with E-state index in [1.54, 1.807) is 25.3 Å². The second-order valence-electron chi connectivity index (χ2n) is 4.08. The van der Waals surface area contributed by atoms with E-state index >= 15 is 0 Å². The molecular weight excluding hydrogens is 244 g/mol. The highest BCUT2D eigenvalue weighted by atomic mass is 16.5. The summed E-state index contributed by atoms with van der Waals surface area (Å²) in [6.45, 7) is 2.50. The van der Waals surface area contributed by atoms with Crippen molar-refractivity contribution in [2.45, 2.75) is 13.3 Å². The van der Waals surface area contributed by atoms with E-state index in [1.165, 1.54) is 7.11 Å². The van der Waals surface area contributed by atoms with E-state index in [1.807, 2.05) is 12.1 Å². The van der Waals surface area contributed by atoms with Gasteiger partial charge in [-0.2, -0.15) is 0 Å². The molecule has 0 saturated carbocycles. The Morgan fingerprint density at radius 3 is 2.89 bits per heavy atom. The summed E-state index contributed by atoms with van der Waals surface area (Å²) in [6, 6.07) is 7.27. The SMILES string of the molecule is COC(=O)c1ccc(NCCc2ccco2)nc1C. The molecular formula is C14H16N2O3. The highest BCUT2D eigenvalue weighted by Gasteiger charge is 2.10. The zero-order chi connectivity index (χ0) is 13.7. The number of furan rings is 1. The lowest BCUT2D eigenvalue weighted by molar-refractivity contribution is 0.0599. The van der Waals surface area contributed by atoms with Crippen molar-refractivity contribution in [1.29, 1.82) is 0 Å². The summed E-state index contributed by atoms with van der Waals surface area (Å²) in [4.78, 5) is 15.7. The van der Waals surface area contributed by atoms with Gasteiger partial charge in [-0.1, -0.05) is 0 Å². The Hall–Kier alpha value is -2.30. The maximum Gasteiger partial charge on any atom is 0.339 e. The number of nitrogens with zero attached hydrogens (tertiary/aromatic N) is 1. The molecule has 0 bridgehead atoms. The van der Waals surface area contributed by atoms with Crippen LogP contribution in [0.2, 0.25) is 0 Å². The predicted molar refractivity (Wildman–Crippen MR) is 71.2 cm³/mol. The highest BCUT2D eigenvalue weighted by molar-refractivity contribution is 5.90. The number of nitrogens with one attached hydrogen (secondary N) is 1. The minimum atomic E-state index is -0.368. The quantitative estimate of drug-likeness (QED) is 0.836. The van der Waals surface area contributed by atoms with Gasteiger partial charge in [-0.15, -0.1) is 0 Å². The van der Waals surface area contributed by atoms with Crippen molar-refractivity contribution in [2.24, 2.45) is 0 Å². The standard InChI is InChI=1S/C14H16N2O3/c1-10-12(14(17)18-2)5-6-13(16-10)15-8-7-11-4-3-9-19-11/h3-6,9H,7-8H2,1-2H3,(H,15,16). The maximum absolute atomic E-state index is 11.4. The zero-order valence-corrected chi connectivity index (χ0v) is 11.0. The molecule has 0 atom stereocenters. The number of carbonyl (C=O) groups is 1. The zero-order valence-electron chi connectivity index (χ0n) is 11.0. The van der Waals surface area contributed by atoms with Crippen LogP contribution >= 0.6 is 0 Å². The van der Waals surface area contributed by atoms with Crippen molar-refractivity contribution in [3.63, 3.8) is 0 Å². The van der Waals surface area contributed by atoms with Crippen molar-refractivity contribution in [3.8, 4) is 0 Å². The van der Waals surface area contributed by atoms with Gasteiger partial charge < -0.3 is 14.5 Å². The molecule has 0 aliphatic carbocycles. The van der Waals surface area contributed by atoms with Gasteiger partial charge >= 0.3 is 5.97 Å². The Kier molecular flexibility index (Phi) is 4.18. The van der Waals surface area contributed by atoms with Crippen LogP contribution in [0, 0.1) is 6.92 Å². The fraction of sp³-hybridized carbons (Fsp3) is 0.286. The Bertz CT molecular complexity index is 550. The van der Waals surface area contributed by atoms with Crippen LogP contribution in [0.3, 0.4) is 0 Å². The van der Waals surface area contributed by atoms with Crippen molar-refractivity contribution in [3.05, 3.63) is 47.5 Å². The van der Waals surface area contributed by atoms with Crippen molar-refractivity contribution in [1.82, 2.24) is 4.98 Å². The summed E-state index contributed by atoms with van der Waals surface area (Å²) in [5, 5.41) is 3.18. The number of aromatic nitrogens is 1. The van der Waals surface area contributed by atoms with Crippen molar-refractivity contribution >= 4 is 11.8 Å². The molecule has 0 amide bonds. The number of anilines is 1. The third kappa shape index (κ3) is 3.34. The molecule has 2 aromatic rings. The maximum atomic E-state index is 11.4. The van der Waals surface area contributed by atoms with Crippen molar-refractivity contribution in [2.75, 3.05) is 19.0 Å². The van der Waals surface area contributed by atoms with Gasteiger partial charge in [0.1, 0.15) is 11.6 Å². The van der Waals surface area contributed by atoms with Gasteiger partial charge in [0, 0.05) is 13.0 Å². The minimum Gasteiger partial charge on any atom is -0.469 e. The number of carbonyl (C=O) groups excluding carboxylic acids is 1. The molecule has 0 aromatic carbocycles. The van der Waals surface area contributed by atoms with Crippen LogP contribution in [-0.2, 0) is 11.2 Å². The Morgan fingerprint density at radius 2 is 2.26 bits per heavy atom. The molecule has 5 heteroatoms. The molecule has 2 rings (SSSR count). The third-order valence-corrected chi connectivity index (χ3v) is 2.75. The van der Waals surface area contributed by atoms with Crippen LogP contribution in [0.25, 0.3) is 0 Å². The first-order valence-corrected chi connectivity index (χ1v) is 6.03. The average Bonchev–Trinajstić information content (AvgIpc) is 2.91. The lowest BCUT2D eigenvalue weighted by atomic mass is 10.2. The summed E-state index contributed by atoms with van der Waals surface area (Å²) in [5.74, 6) is 1.29. The molecule has 0 fully saturated rings. The molecule has 0 aliphatic heterocycles. The number of rotatable bonds is 5. The Morgan fingerprint density at radius 1 is 1.42 bits per heavy atom. The van der Waals surface area contributed by atoms with E-state index in [-0.39, 0.29) is 5.97 Å². The van der Waals surface area contributed by atoms with Crippen LogP contribution in [0.4, 0.5) is 5.82 Å². The van der Waals surface area contributed by atoms with Crippen molar-refractivity contribution < 1.29 is 13.9 Å². The van der Waals surface area contributed by atoms with Crippen LogP contribution < -0.4 is 5.32 Å². The van der Waals surface area contributed by atoms with Crippen LogP contribution in [0.5, 0.6) is 0 Å². The number of methoxy groups -OCH3 is 1. The van der Waals surface area contributed by atoms with Gasteiger partial charge in [0.05, 0.1) is 24.6 Å². The summed E-state index contributed by atoms with van der Waals surface area (Å²) in [7, 11) is 1.36. The number of esters is 1. The van der Waals surface area contributed by atoms with Crippen LogP contribution in [0.15, 0.2) is 34.9 Å². The second-order valence-corrected chi connectivity index (χ2v) is 4.08. The molecule has 5 nitrogen and oxygen atoms in total. The summed E-state index contributed by atoms with van der Waals surface area (Å²) < 4.78 is 9.91. The number of hydrogen-bond acceptors (Lipinski definition) is 5. The number of aryl methyl sites for hydroxylation is 1. The van der Waals surface area contributed by atoms with Gasteiger partial charge in [-0.3, -0.25) is 0 Å². The lowest BCUT2D eigenvalue weighted by Crippen LogP contribution is -2.09. The molecule has 0 unspecified atom stereocenters. The third-order valence-electron chi connectivity index (χ3n) is 2.75. The first-order chi connectivity index (χ1) is 9.20. The average molecular weight is 260 g/mol. The fourth-order valence-corrected chi connectivity index (χ4v) is 1.75. The second kappa shape index (κ2) is 6.04. The molecule has 0 radical (unpaired) electrons. The van der Waals surface area contributed by atoms with E-state index < -0.39 is 0 Å². The number of hydrogen-bond donors (Lipinski definition) is 1. The molecule has 2 heterocycles. The number of ether oxygens (including phenoxy) is 1. The summed E-state index contributed by atoms with van der Waals surface area (Å²) in [6.07, 6.45) is 2.44. The van der Waals surface area contributed by atoms with Gasteiger partial charge in [0.15, 0.2) is 0 Å². The molecule has 0 saturated heterocycles. The van der Waals surface area contributed by atoms with Crippen LogP contribution in [0.1, 0.15) is 21.8 Å². The Labute approximate surface area is 111 Å². The molecule has 2 aromatic heterocycles. The van der Waals surface area contributed by atoms with Gasteiger partial charge in [0.25, 0.3) is 0 Å². The summed E-state index contributed by atoms with van der Waals surface area (Å²) >= 11 is 0. The normalized spacial score (nSPS) is 10.2. The van der Waals surface area contributed by atoms with Crippen LogP contribution in [-0.4, -0.2) is 24.6 Å². The first-order valence-electron chi connectivity index (χ1n) is 6.03. The van der Waals surface area contributed by atoms with E-state index in [4.69, 9.17) is 4.42 Å². The molecule has 19 heavy (non-hydrogen) atoms. The molecule has 1 N–H and O–H groups in total. The Balaban J connectivity index is 1.94. The number of pyridine rings is 1.